The Bertz CT molecular complexity index is 497. The Morgan fingerprint density at radius 2 is 2.14 bits per heavy atom. The topological polar surface area (TPSA) is 91.8 Å². The van der Waals surface area contributed by atoms with Crippen molar-refractivity contribution in [1.29, 1.82) is 0 Å². The second kappa shape index (κ2) is 7.03. The highest BCUT2D eigenvalue weighted by atomic mass is 16.5. The van der Waals surface area contributed by atoms with E-state index >= 15 is 0 Å². The van der Waals surface area contributed by atoms with Gasteiger partial charge in [-0.15, -0.1) is 0 Å². The molecular weight excluding hydrogens is 274 g/mol. The fraction of sp³-hybridized carbons (Fsp3) is 0.500. The lowest BCUT2D eigenvalue weighted by atomic mass is 10.00. The molecule has 2 N–H and O–H groups in total. The lowest BCUT2D eigenvalue weighted by molar-refractivity contribution is 0.0592. The van der Waals surface area contributed by atoms with Crippen LogP contribution in [0.3, 0.4) is 0 Å². The molecule has 1 aliphatic heterocycles. The average molecular weight is 293 g/mol. The van der Waals surface area contributed by atoms with Crippen LogP contribution in [0.2, 0.25) is 0 Å². The first kappa shape index (κ1) is 15.2. The van der Waals surface area contributed by atoms with Crippen LogP contribution in [0.15, 0.2) is 18.3 Å². The molecule has 114 valence electrons. The number of carbonyl (C=O) groups is 2. The van der Waals surface area contributed by atoms with E-state index in [1.807, 2.05) is 0 Å². The largest absolute Gasteiger partial charge is 0.477 e. The Morgan fingerprint density at radius 3 is 2.71 bits per heavy atom. The van der Waals surface area contributed by atoms with Crippen molar-refractivity contribution in [3.05, 3.63) is 24.0 Å². The number of aromatic nitrogens is 1. The number of amides is 2. The Kier molecular flexibility index (Phi) is 5.10. The second-order valence-electron chi connectivity index (χ2n) is 5.10. The van der Waals surface area contributed by atoms with Gasteiger partial charge >= 0.3 is 12.0 Å². The van der Waals surface area contributed by atoms with E-state index in [0.29, 0.717) is 18.2 Å². The molecule has 0 spiro atoms. The van der Waals surface area contributed by atoms with Gasteiger partial charge in [0.1, 0.15) is 5.69 Å². The maximum absolute atomic E-state index is 12.0. The van der Waals surface area contributed by atoms with Crippen LogP contribution in [-0.2, 0) is 4.74 Å². The molecule has 0 unspecified atom stereocenters. The highest BCUT2D eigenvalue weighted by Crippen LogP contribution is 2.16. The summed E-state index contributed by atoms with van der Waals surface area (Å²) in [6.45, 7) is 2.18. The molecular formula is C14H19N3O4. The molecule has 21 heavy (non-hydrogen) atoms. The van der Waals surface area contributed by atoms with Crippen LogP contribution in [0.25, 0.3) is 0 Å². The minimum absolute atomic E-state index is 0.0523. The highest BCUT2D eigenvalue weighted by molar-refractivity contribution is 5.90. The minimum Gasteiger partial charge on any atom is -0.477 e. The number of aromatic carboxylic acids is 1. The van der Waals surface area contributed by atoms with Crippen LogP contribution < -0.4 is 5.32 Å². The number of carboxylic acids is 1. The summed E-state index contributed by atoms with van der Waals surface area (Å²) in [5, 5.41) is 11.5. The summed E-state index contributed by atoms with van der Waals surface area (Å²) in [6.07, 6.45) is 3.27. The Balaban J connectivity index is 1.86. The van der Waals surface area contributed by atoms with Gasteiger partial charge in [0.2, 0.25) is 0 Å². The molecule has 1 aliphatic rings. The first-order valence-electron chi connectivity index (χ1n) is 6.85. The fourth-order valence-corrected chi connectivity index (χ4v) is 2.21. The SMILES string of the molecule is CN(CC1CCOCC1)C(=O)Nc1ccc(C(=O)O)nc1. The molecule has 1 aromatic heterocycles. The lowest BCUT2D eigenvalue weighted by Crippen LogP contribution is -2.36. The van der Waals surface area contributed by atoms with Crippen LogP contribution in [0.5, 0.6) is 0 Å². The van der Waals surface area contributed by atoms with E-state index in [0.717, 1.165) is 26.1 Å². The van der Waals surface area contributed by atoms with Crippen LogP contribution in [0, 0.1) is 5.92 Å². The van der Waals surface area contributed by atoms with Gasteiger partial charge in [-0.2, -0.15) is 0 Å². The van der Waals surface area contributed by atoms with Crippen LogP contribution in [0.1, 0.15) is 23.3 Å². The molecule has 1 saturated heterocycles. The Morgan fingerprint density at radius 1 is 1.43 bits per heavy atom. The average Bonchev–Trinajstić information content (AvgIpc) is 2.48. The first-order chi connectivity index (χ1) is 10.1. The summed E-state index contributed by atoms with van der Waals surface area (Å²) in [5.74, 6) is -0.633. The second-order valence-corrected chi connectivity index (χ2v) is 5.10. The number of rotatable bonds is 4. The molecule has 2 amide bonds. The number of nitrogens with one attached hydrogen (secondary N) is 1. The van der Waals surface area contributed by atoms with Gasteiger partial charge in [0.15, 0.2) is 0 Å². The molecule has 7 heteroatoms. The maximum atomic E-state index is 12.0. The van der Waals surface area contributed by atoms with Crippen molar-refractivity contribution >= 4 is 17.7 Å². The monoisotopic (exact) mass is 293 g/mol. The lowest BCUT2D eigenvalue weighted by Gasteiger charge is -2.27. The maximum Gasteiger partial charge on any atom is 0.354 e. The molecule has 0 aromatic carbocycles. The zero-order chi connectivity index (χ0) is 15.2. The van der Waals surface area contributed by atoms with Crippen molar-refractivity contribution in [2.24, 2.45) is 5.92 Å². The van der Waals surface area contributed by atoms with Crippen molar-refractivity contribution in [2.75, 3.05) is 32.1 Å². The third-order valence-corrected chi connectivity index (χ3v) is 3.45. The van der Waals surface area contributed by atoms with Gasteiger partial charge in [0.05, 0.1) is 11.9 Å². The molecule has 0 saturated carbocycles. The summed E-state index contributed by atoms with van der Waals surface area (Å²) in [6, 6.07) is 2.65. The Labute approximate surface area is 122 Å². The van der Waals surface area contributed by atoms with E-state index in [2.05, 4.69) is 10.3 Å². The summed E-state index contributed by atoms with van der Waals surface area (Å²) < 4.78 is 5.29. The number of pyridine rings is 1. The van der Waals surface area contributed by atoms with Crippen LogP contribution in [0.4, 0.5) is 10.5 Å². The van der Waals surface area contributed by atoms with E-state index in [4.69, 9.17) is 9.84 Å². The van der Waals surface area contributed by atoms with Crippen LogP contribution in [-0.4, -0.2) is 53.8 Å². The number of hydrogen-bond donors (Lipinski definition) is 2. The summed E-state index contributed by atoms with van der Waals surface area (Å²) in [4.78, 5) is 28.1. The zero-order valence-electron chi connectivity index (χ0n) is 11.9. The number of nitrogens with zero attached hydrogens (tertiary/aromatic N) is 2. The number of anilines is 1. The molecule has 0 radical (unpaired) electrons. The predicted molar refractivity (Wildman–Crippen MR) is 76.4 cm³/mol. The van der Waals surface area contributed by atoms with E-state index < -0.39 is 5.97 Å². The number of carbonyl (C=O) groups excluding carboxylic acids is 1. The first-order valence-corrected chi connectivity index (χ1v) is 6.85. The number of hydrogen-bond acceptors (Lipinski definition) is 4. The molecule has 2 heterocycles. The summed E-state index contributed by atoms with van der Waals surface area (Å²) in [5.41, 5.74) is 0.424. The molecule has 1 fully saturated rings. The number of ether oxygens (including phenoxy) is 1. The quantitative estimate of drug-likeness (QED) is 0.881. The summed E-state index contributed by atoms with van der Waals surface area (Å²) >= 11 is 0. The van der Waals surface area contributed by atoms with E-state index in [-0.39, 0.29) is 11.7 Å². The number of carboxylic acid groups (broad SMARTS) is 1. The van der Waals surface area contributed by atoms with Crippen molar-refractivity contribution in [3.63, 3.8) is 0 Å². The predicted octanol–water partition coefficient (Wildman–Crippen LogP) is 1.67. The minimum atomic E-state index is -1.09. The molecule has 2 rings (SSSR count). The van der Waals surface area contributed by atoms with Crippen molar-refractivity contribution in [3.8, 4) is 0 Å². The van der Waals surface area contributed by atoms with Gasteiger partial charge in [0, 0.05) is 26.8 Å². The fourth-order valence-electron chi connectivity index (χ4n) is 2.21. The van der Waals surface area contributed by atoms with Gasteiger partial charge in [-0.3, -0.25) is 0 Å². The van der Waals surface area contributed by atoms with E-state index in [1.165, 1.54) is 18.3 Å². The van der Waals surface area contributed by atoms with E-state index in [9.17, 15) is 9.59 Å². The van der Waals surface area contributed by atoms with Gasteiger partial charge in [-0.25, -0.2) is 14.6 Å². The Hall–Kier alpha value is -2.15. The number of urea groups is 1. The van der Waals surface area contributed by atoms with E-state index in [1.54, 1.807) is 11.9 Å². The third kappa shape index (κ3) is 4.42. The molecule has 0 bridgehead atoms. The standard InChI is InChI=1S/C14H19N3O4/c1-17(9-10-4-6-21-7-5-10)14(20)16-11-2-3-12(13(18)19)15-8-11/h2-3,8,10H,4-7,9H2,1H3,(H,16,20)(H,18,19). The van der Waals surface area contributed by atoms with Crippen molar-refractivity contribution < 1.29 is 19.4 Å². The van der Waals surface area contributed by atoms with Gasteiger partial charge < -0.3 is 20.1 Å². The molecule has 0 aliphatic carbocycles. The normalized spacial score (nSPS) is 15.5. The molecule has 7 nitrogen and oxygen atoms in total. The van der Waals surface area contributed by atoms with Gasteiger partial charge in [0.25, 0.3) is 0 Å². The molecule has 0 atom stereocenters. The molecule has 1 aromatic rings. The smallest absolute Gasteiger partial charge is 0.354 e. The zero-order valence-corrected chi connectivity index (χ0v) is 11.9. The van der Waals surface area contributed by atoms with Gasteiger partial charge in [-0.1, -0.05) is 0 Å². The van der Waals surface area contributed by atoms with Crippen molar-refractivity contribution in [1.82, 2.24) is 9.88 Å². The third-order valence-electron chi connectivity index (χ3n) is 3.45. The highest BCUT2D eigenvalue weighted by Gasteiger charge is 2.18. The summed E-state index contributed by atoms with van der Waals surface area (Å²) in [7, 11) is 1.74. The van der Waals surface area contributed by atoms with Crippen LogP contribution >= 0.6 is 0 Å². The van der Waals surface area contributed by atoms with Gasteiger partial charge in [-0.05, 0) is 30.9 Å². The van der Waals surface area contributed by atoms with Crippen molar-refractivity contribution in [2.45, 2.75) is 12.8 Å².